The molecule has 1 N–H and O–H groups in total. The molecule has 8 heteroatoms. The minimum atomic E-state index is -0.157. The molecule has 0 spiro atoms. The summed E-state index contributed by atoms with van der Waals surface area (Å²) in [6.07, 6.45) is 0. The fraction of sp³-hybridized carbons (Fsp3) is 0.286. The minimum Gasteiger partial charge on any atom is -0.410 e. The van der Waals surface area contributed by atoms with Gasteiger partial charge >= 0.3 is 0 Å². The van der Waals surface area contributed by atoms with Crippen LogP contribution >= 0.6 is 23.1 Å². The fourth-order valence-corrected chi connectivity index (χ4v) is 3.53. The van der Waals surface area contributed by atoms with Gasteiger partial charge in [0.2, 0.25) is 0 Å². The van der Waals surface area contributed by atoms with Crippen LogP contribution in [0.1, 0.15) is 29.3 Å². The van der Waals surface area contributed by atoms with E-state index in [1.54, 1.807) is 18.3 Å². The molecular weight excluding hydrogens is 320 g/mol. The molecule has 0 bridgehead atoms. The Morgan fingerprint density at radius 3 is 2.86 bits per heavy atom. The SMILES string of the molecule is Cc1cc(=O)[nH]c(C(C)Sc2nnc(-c3sccc3C)o2)n1. The van der Waals surface area contributed by atoms with Gasteiger partial charge in [-0.1, -0.05) is 11.8 Å². The lowest BCUT2D eigenvalue weighted by Gasteiger charge is -2.07. The van der Waals surface area contributed by atoms with E-state index in [1.165, 1.54) is 17.8 Å². The highest BCUT2D eigenvalue weighted by atomic mass is 32.2. The van der Waals surface area contributed by atoms with E-state index in [4.69, 9.17) is 4.42 Å². The van der Waals surface area contributed by atoms with Crippen molar-refractivity contribution in [1.82, 2.24) is 20.2 Å². The number of rotatable bonds is 4. The zero-order valence-corrected chi connectivity index (χ0v) is 13.9. The summed E-state index contributed by atoms with van der Waals surface area (Å²) in [6.45, 7) is 5.73. The van der Waals surface area contributed by atoms with Crippen molar-refractivity contribution in [2.75, 3.05) is 0 Å². The summed E-state index contributed by atoms with van der Waals surface area (Å²) in [6, 6.07) is 3.48. The molecule has 0 saturated carbocycles. The Bertz CT molecular complexity index is 852. The van der Waals surface area contributed by atoms with Gasteiger partial charge in [0.1, 0.15) is 5.82 Å². The van der Waals surface area contributed by atoms with E-state index in [0.29, 0.717) is 22.6 Å². The highest BCUT2D eigenvalue weighted by Crippen LogP contribution is 2.35. The number of nitrogens with zero attached hydrogens (tertiary/aromatic N) is 3. The molecule has 22 heavy (non-hydrogen) atoms. The molecule has 1 unspecified atom stereocenters. The molecule has 0 amide bonds. The summed E-state index contributed by atoms with van der Waals surface area (Å²) in [5, 5.41) is 10.5. The molecule has 3 heterocycles. The first-order valence-electron chi connectivity index (χ1n) is 6.65. The molecule has 0 fully saturated rings. The van der Waals surface area contributed by atoms with Crippen molar-refractivity contribution in [3.8, 4) is 10.8 Å². The molecule has 3 aromatic heterocycles. The maximum Gasteiger partial charge on any atom is 0.277 e. The van der Waals surface area contributed by atoms with Crippen molar-refractivity contribution in [3.63, 3.8) is 0 Å². The monoisotopic (exact) mass is 334 g/mol. The number of hydrogen-bond acceptors (Lipinski definition) is 7. The lowest BCUT2D eigenvalue weighted by atomic mass is 10.3. The third-order valence-electron chi connectivity index (χ3n) is 3.01. The number of aromatic nitrogens is 4. The second kappa shape index (κ2) is 6.05. The molecule has 0 aliphatic heterocycles. The van der Waals surface area contributed by atoms with Crippen LogP contribution in [-0.4, -0.2) is 20.2 Å². The molecule has 0 saturated heterocycles. The number of aromatic amines is 1. The van der Waals surface area contributed by atoms with Crippen LogP contribution in [-0.2, 0) is 0 Å². The molecule has 0 aromatic carbocycles. The van der Waals surface area contributed by atoms with Gasteiger partial charge in [-0.2, -0.15) is 0 Å². The van der Waals surface area contributed by atoms with Crippen molar-refractivity contribution in [3.05, 3.63) is 44.9 Å². The van der Waals surface area contributed by atoms with E-state index in [-0.39, 0.29) is 10.8 Å². The Balaban J connectivity index is 1.80. The number of H-pyrrole nitrogens is 1. The van der Waals surface area contributed by atoms with Crippen LogP contribution in [0.4, 0.5) is 0 Å². The molecule has 3 aromatic rings. The lowest BCUT2D eigenvalue weighted by molar-refractivity contribution is 0.465. The molecular formula is C14H14N4O2S2. The third kappa shape index (κ3) is 3.12. The van der Waals surface area contributed by atoms with Crippen LogP contribution < -0.4 is 5.56 Å². The normalized spacial score (nSPS) is 12.5. The second-order valence-corrected chi connectivity index (χ2v) is 7.05. The van der Waals surface area contributed by atoms with Crippen molar-refractivity contribution in [2.24, 2.45) is 0 Å². The fourth-order valence-electron chi connectivity index (χ4n) is 1.94. The first-order chi connectivity index (χ1) is 10.5. The van der Waals surface area contributed by atoms with Crippen LogP contribution in [0, 0.1) is 13.8 Å². The van der Waals surface area contributed by atoms with E-state index in [0.717, 1.165) is 10.4 Å². The lowest BCUT2D eigenvalue weighted by Crippen LogP contribution is -2.12. The van der Waals surface area contributed by atoms with Gasteiger partial charge in [0.05, 0.1) is 10.1 Å². The largest absolute Gasteiger partial charge is 0.410 e. The quantitative estimate of drug-likeness (QED) is 0.737. The van der Waals surface area contributed by atoms with E-state index >= 15 is 0 Å². The van der Waals surface area contributed by atoms with Gasteiger partial charge in [-0.25, -0.2) is 4.98 Å². The first kappa shape index (κ1) is 15.0. The van der Waals surface area contributed by atoms with Crippen LogP contribution in [0.3, 0.4) is 0 Å². The summed E-state index contributed by atoms with van der Waals surface area (Å²) in [7, 11) is 0. The predicted octanol–water partition coefficient (Wildman–Crippen LogP) is 3.35. The van der Waals surface area contributed by atoms with Gasteiger partial charge in [0.25, 0.3) is 16.7 Å². The average molecular weight is 334 g/mol. The van der Waals surface area contributed by atoms with Crippen molar-refractivity contribution in [1.29, 1.82) is 0 Å². The first-order valence-corrected chi connectivity index (χ1v) is 8.41. The number of aryl methyl sites for hydroxylation is 2. The average Bonchev–Trinajstić information content (AvgIpc) is 3.06. The van der Waals surface area contributed by atoms with Crippen molar-refractivity contribution >= 4 is 23.1 Å². The number of thiophene rings is 1. The summed E-state index contributed by atoms with van der Waals surface area (Å²) < 4.78 is 5.69. The van der Waals surface area contributed by atoms with E-state index in [9.17, 15) is 4.79 Å². The number of thioether (sulfide) groups is 1. The maximum atomic E-state index is 11.5. The summed E-state index contributed by atoms with van der Waals surface area (Å²) >= 11 is 2.94. The highest BCUT2D eigenvalue weighted by molar-refractivity contribution is 7.99. The van der Waals surface area contributed by atoms with E-state index in [1.807, 2.05) is 25.3 Å². The Kier molecular flexibility index (Phi) is 4.12. The smallest absolute Gasteiger partial charge is 0.277 e. The molecule has 114 valence electrons. The Hall–Kier alpha value is -1.93. The minimum absolute atomic E-state index is 0.0923. The van der Waals surface area contributed by atoms with E-state index in [2.05, 4.69) is 20.2 Å². The summed E-state index contributed by atoms with van der Waals surface area (Å²) in [5.41, 5.74) is 1.64. The van der Waals surface area contributed by atoms with Gasteiger partial charge in [0.15, 0.2) is 0 Å². The van der Waals surface area contributed by atoms with Crippen LogP contribution in [0.25, 0.3) is 10.8 Å². The third-order valence-corrected chi connectivity index (χ3v) is 4.96. The Morgan fingerprint density at radius 1 is 1.36 bits per heavy atom. The van der Waals surface area contributed by atoms with Gasteiger partial charge in [-0.3, -0.25) is 4.79 Å². The summed E-state index contributed by atoms with van der Waals surface area (Å²) in [4.78, 5) is 19.6. The summed E-state index contributed by atoms with van der Waals surface area (Å²) in [5.74, 6) is 1.12. The Labute approximate surface area is 135 Å². The maximum absolute atomic E-state index is 11.5. The topological polar surface area (TPSA) is 84.7 Å². The second-order valence-electron chi connectivity index (χ2n) is 4.84. The molecule has 0 aliphatic carbocycles. The van der Waals surface area contributed by atoms with Crippen molar-refractivity contribution < 1.29 is 4.42 Å². The van der Waals surface area contributed by atoms with Gasteiger partial charge in [-0.05, 0) is 37.8 Å². The van der Waals surface area contributed by atoms with Gasteiger partial charge < -0.3 is 9.40 Å². The molecule has 3 rings (SSSR count). The van der Waals surface area contributed by atoms with Gasteiger partial charge in [-0.15, -0.1) is 21.5 Å². The van der Waals surface area contributed by atoms with Crippen LogP contribution in [0.5, 0.6) is 0 Å². The predicted molar refractivity (Wildman–Crippen MR) is 86.2 cm³/mol. The van der Waals surface area contributed by atoms with Gasteiger partial charge in [0, 0.05) is 11.8 Å². The highest BCUT2D eigenvalue weighted by Gasteiger charge is 2.17. The zero-order valence-electron chi connectivity index (χ0n) is 12.3. The Morgan fingerprint density at radius 2 is 2.18 bits per heavy atom. The molecule has 6 nitrogen and oxygen atoms in total. The number of nitrogens with one attached hydrogen (secondary N) is 1. The standard InChI is InChI=1S/C14H14N4O2S2/c1-7-4-5-21-11(7)13-17-18-14(20-13)22-9(3)12-15-8(2)6-10(19)16-12/h4-6,9H,1-3H3,(H,15,16,19). The zero-order chi connectivity index (χ0) is 15.7. The molecule has 1 atom stereocenters. The van der Waals surface area contributed by atoms with Crippen molar-refractivity contribution in [2.45, 2.75) is 31.2 Å². The van der Waals surface area contributed by atoms with Crippen LogP contribution in [0.15, 0.2) is 31.9 Å². The molecule has 0 aliphatic rings. The van der Waals surface area contributed by atoms with Crippen LogP contribution in [0.2, 0.25) is 0 Å². The van der Waals surface area contributed by atoms with E-state index < -0.39 is 0 Å². The number of hydrogen-bond donors (Lipinski definition) is 1. The molecule has 0 radical (unpaired) electrons.